The van der Waals surface area contributed by atoms with Crippen molar-refractivity contribution in [2.75, 3.05) is 6.54 Å². The Labute approximate surface area is 136 Å². The Balaban J connectivity index is 2.18. The molecule has 0 saturated carbocycles. The molecule has 0 unspecified atom stereocenters. The zero-order valence-corrected chi connectivity index (χ0v) is 14.0. The second kappa shape index (κ2) is 6.42. The summed E-state index contributed by atoms with van der Waals surface area (Å²) in [6.07, 6.45) is 1.42. The zero-order chi connectivity index (χ0) is 17.2. The van der Waals surface area contributed by atoms with Crippen LogP contribution in [0.25, 0.3) is 5.69 Å². The molecule has 2 rings (SSSR count). The van der Waals surface area contributed by atoms with E-state index in [9.17, 15) is 9.90 Å². The van der Waals surface area contributed by atoms with Gasteiger partial charge in [-0.3, -0.25) is 4.79 Å². The van der Waals surface area contributed by atoms with Crippen LogP contribution in [0.15, 0.2) is 30.5 Å². The van der Waals surface area contributed by atoms with Crippen molar-refractivity contribution in [3.05, 3.63) is 41.7 Å². The predicted octanol–water partition coefficient (Wildman–Crippen LogP) is 2.17. The lowest BCUT2D eigenvalue weighted by Gasteiger charge is -2.18. The van der Waals surface area contributed by atoms with Crippen molar-refractivity contribution >= 4 is 5.91 Å². The number of amides is 1. The van der Waals surface area contributed by atoms with Gasteiger partial charge >= 0.3 is 0 Å². The van der Waals surface area contributed by atoms with Crippen molar-refractivity contribution in [2.45, 2.75) is 39.2 Å². The summed E-state index contributed by atoms with van der Waals surface area (Å²) in [6, 6.07) is 7.84. The number of carbonyl (C=O) groups excluding carboxylic acids is 1. The van der Waals surface area contributed by atoms with Crippen LogP contribution in [0, 0.1) is 0 Å². The lowest BCUT2D eigenvalue weighted by atomic mass is 10.0. The van der Waals surface area contributed by atoms with Crippen LogP contribution in [0.1, 0.15) is 49.7 Å². The van der Waals surface area contributed by atoms with Gasteiger partial charge in [0.1, 0.15) is 0 Å². The first-order chi connectivity index (χ1) is 10.7. The highest BCUT2D eigenvalue weighted by Gasteiger charge is 2.19. The van der Waals surface area contributed by atoms with E-state index in [-0.39, 0.29) is 11.4 Å². The number of hydrogen-bond acceptors (Lipinski definition) is 4. The van der Waals surface area contributed by atoms with Gasteiger partial charge in [-0.2, -0.15) is 5.10 Å². The van der Waals surface area contributed by atoms with Crippen molar-refractivity contribution in [3.8, 4) is 11.4 Å². The quantitative estimate of drug-likeness (QED) is 0.788. The topological polar surface area (TPSA) is 93.2 Å². The van der Waals surface area contributed by atoms with Gasteiger partial charge < -0.3 is 16.2 Å². The fourth-order valence-electron chi connectivity index (χ4n) is 2.06. The molecule has 124 valence electrons. The summed E-state index contributed by atoms with van der Waals surface area (Å²) in [5, 5.41) is 16.8. The molecule has 0 bridgehead atoms. The van der Waals surface area contributed by atoms with Crippen LogP contribution in [0.3, 0.4) is 0 Å². The molecule has 1 aromatic carbocycles. The normalized spacial score (nSPS) is 11.7. The summed E-state index contributed by atoms with van der Waals surface area (Å²) >= 11 is 0. The number of carbonyl (C=O) groups is 1. The summed E-state index contributed by atoms with van der Waals surface area (Å²) in [5.41, 5.74) is 7.29. The van der Waals surface area contributed by atoms with E-state index in [1.165, 1.54) is 16.4 Å². The maximum absolute atomic E-state index is 12.1. The fraction of sp³-hybridized carbons (Fsp3) is 0.412. The van der Waals surface area contributed by atoms with Crippen LogP contribution < -0.4 is 11.1 Å². The maximum atomic E-state index is 12.1. The van der Waals surface area contributed by atoms with Crippen molar-refractivity contribution in [1.82, 2.24) is 15.1 Å². The van der Waals surface area contributed by atoms with E-state index in [1.807, 2.05) is 38.1 Å². The molecular formula is C17H24N4O2. The van der Waals surface area contributed by atoms with Crippen molar-refractivity contribution in [2.24, 2.45) is 5.73 Å². The van der Waals surface area contributed by atoms with E-state index in [4.69, 9.17) is 5.73 Å². The molecule has 0 saturated heterocycles. The minimum absolute atomic E-state index is 0.0119. The number of nitrogens with one attached hydrogen (secondary N) is 1. The second-order valence-corrected chi connectivity index (χ2v) is 6.73. The van der Waals surface area contributed by atoms with Crippen LogP contribution in [-0.4, -0.2) is 32.9 Å². The number of benzene rings is 1. The first-order valence-electron chi connectivity index (χ1n) is 7.63. The minimum atomic E-state index is -0.527. The van der Waals surface area contributed by atoms with Gasteiger partial charge in [-0.25, -0.2) is 4.68 Å². The average molecular weight is 316 g/mol. The predicted molar refractivity (Wildman–Crippen MR) is 89.9 cm³/mol. The van der Waals surface area contributed by atoms with Crippen LogP contribution in [0.5, 0.6) is 5.75 Å². The lowest BCUT2D eigenvalue weighted by Crippen LogP contribution is -2.45. The largest absolute Gasteiger partial charge is 0.504 e. The first-order valence-corrected chi connectivity index (χ1v) is 7.63. The van der Waals surface area contributed by atoms with E-state index >= 15 is 0 Å². The first kappa shape index (κ1) is 17.0. The molecule has 0 atom stereocenters. The maximum Gasteiger partial charge on any atom is 0.275 e. The van der Waals surface area contributed by atoms with Gasteiger partial charge in [-0.1, -0.05) is 26.0 Å². The molecule has 0 aliphatic heterocycles. The van der Waals surface area contributed by atoms with Crippen molar-refractivity contribution in [3.63, 3.8) is 0 Å². The zero-order valence-electron chi connectivity index (χ0n) is 14.0. The van der Waals surface area contributed by atoms with Gasteiger partial charge in [0.2, 0.25) is 0 Å². The monoisotopic (exact) mass is 316 g/mol. The molecule has 0 radical (unpaired) electrons. The van der Waals surface area contributed by atoms with E-state index in [1.54, 1.807) is 0 Å². The van der Waals surface area contributed by atoms with Gasteiger partial charge in [0, 0.05) is 12.1 Å². The highest BCUT2D eigenvalue weighted by molar-refractivity contribution is 5.94. The number of nitrogens with zero attached hydrogens (tertiary/aromatic N) is 2. The van der Waals surface area contributed by atoms with Gasteiger partial charge in [0.25, 0.3) is 5.91 Å². The Kier molecular flexibility index (Phi) is 4.75. The van der Waals surface area contributed by atoms with Crippen LogP contribution in [0.2, 0.25) is 0 Å². The molecule has 6 nitrogen and oxygen atoms in total. The molecule has 2 aromatic rings. The van der Waals surface area contributed by atoms with Crippen molar-refractivity contribution in [1.29, 1.82) is 0 Å². The number of aromatic nitrogens is 2. The molecule has 1 aromatic heterocycles. The molecule has 1 heterocycles. The third-order valence-corrected chi connectivity index (χ3v) is 3.44. The molecule has 1 amide bonds. The Bertz CT molecular complexity index is 682. The van der Waals surface area contributed by atoms with E-state index < -0.39 is 11.4 Å². The van der Waals surface area contributed by atoms with E-state index in [0.717, 1.165) is 5.69 Å². The number of rotatable bonds is 5. The summed E-state index contributed by atoms with van der Waals surface area (Å²) in [4.78, 5) is 12.1. The van der Waals surface area contributed by atoms with Gasteiger partial charge in [-0.15, -0.1) is 0 Å². The SMILES string of the molecule is CC(C)c1ccc(-n2cc(O)c(C(=O)NCC(C)(C)N)n2)cc1. The third kappa shape index (κ3) is 4.32. The summed E-state index contributed by atoms with van der Waals surface area (Å²) in [6.45, 7) is 8.15. The highest BCUT2D eigenvalue weighted by atomic mass is 16.3. The molecule has 0 aliphatic carbocycles. The molecule has 4 N–H and O–H groups in total. The molecular weight excluding hydrogens is 292 g/mol. The van der Waals surface area contributed by atoms with E-state index in [2.05, 4.69) is 24.3 Å². The number of aromatic hydroxyl groups is 1. The van der Waals surface area contributed by atoms with E-state index in [0.29, 0.717) is 12.5 Å². The molecule has 23 heavy (non-hydrogen) atoms. The van der Waals surface area contributed by atoms with Gasteiger partial charge in [0.15, 0.2) is 11.4 Å². The standard InChI is InChI=1S/C17H24N4O2/c1-11(2)12-5-7-13(8-6-12)21-9-14(22)15(20-21)16(23)19-10-17(3,4)18/h5-9,11,22H,10,18H2,1-4H3,(H,19,23). The lowest BCUT2D eigenvalue weighted by molar-refractivity contribution is 0.0938. The van der Waals surface area contributed by atoms with Gasteiger partial charge in [0.05, 0.1) is 11.9 Å². The Morgan fingerprint density at radius 2 is 1.96 bits per heavy atom. The Hall–Kier alpha value is -2.34. The Morgan fingerprint density at radius 3 is 2.48 bits per heavy atom. The smallest absolute Gasteiger partial charge is 0.275 e. The number of nitrogens with two attached hydrogens (primary N) is 1. The van der Waals surface area contributed by atoms with Crippen LogP contribution in [-0.2, 0) is 0 Å². The molecule has 6 heteroatoms. The van der Waals surface area contributed by atoms with Crippen molar-refractivity contribution < 1.29 is 9.90 Å². The Morgan fingerprint density at radius 1 is 1.35 bits per heavy atom. The average Bonchev–Trinajstić information content (AvgIpc) is 2.86. The van der Waals surface area contributed by atoms with Crippen LogP contribution >= 0.6 is 0 Å². The molecule has 0 fully saturated rings. The summed E-state index contributed by atoms with van der Waals surface area (Å²) in [7, 11) is 0. The molecule has 0 aliphatic rings. The molecule has 0 spiro atoms. The third-order valence-electron chi connectivity index (χ3n) is 3.44. The summed E-state index contributed by atoms with van der Waals surface area (Å²) < 4.78 is 1.49. The highest BCUT2D eigenvalue weighted by Crippen LogP contribution is 2.20. The minimum Gasteiger partial charge on any atom is -0.504 e. The summed E-state index contributed by atoms with van der Waals surface area (Å²) in [5.74, 6) is -0.167. The van der Waals surface area contributed by atoms with Gasteiger partial charge in [-0.05, 0) is 37.5 Å². The second-order valence-electron chi connectivity index (χ2n) is 6.73. The number of hydrogen-bond donors (Lipinski definition) is 3. The van der Waals surface area contributed by atoms with Crippen LogP contribution in [0.4, 0.5) is 0 Å². The fourth-order valence-corrected chi connectivity index (χ4v) is 2.06.